The zero-order valence-electron chi connectivity index (χ0n) is 12.2. The molecule has 0 aliphatic carbocycles. The summed E-state index contributed by atoms with van der Waals surface area (Å²) in [7, 11) is 0. The van der Waals surface area contributed by atoms with Crippen molar-refractivity contribution in [2.24, 2.45) is 0 Å². The van der Waals surface area contributed by atoms with Crippen molar-refractivity contribution in [3.05, 3.63) is 76.4 Å². The number of nitrogens with one attached hydrogen (secondary N) is 1. The second-order valence-corrected chi connectivity index (χ2v) is 5.20. The van der Waals surface area contributed by atoms with Gasteiger partial charge < -0.3 is 14.2 Å². The normalized spacial score (nSPS) is 11.0. The molecule has 118 valence electrons. The van der Waals surface area contributed by atoms with Gasteiger partial charge in [0, 0.05) is 11.8 Å². The molecule has 0 aliphatic heterocycles. The van der Waals surface area contributed by atoms with E-state index in [1.54, 1.807) is 24.3 Å². The molecule has 0 saturated carbocycles. The Morgan fingerprint density at radius 3 is 2.50 bits per heavy atom. The Labute approximate surface area is 134 Å². The summed E-state index contributed by atoms with van der Waals surface area (Å²) in [6.45, 7) is 0. The van der Waals surface area contributed by atoms with E-state index in [2.05, 4.69) is 5.32 Å². The number of carbonyl (C=O) groups excluding carboxylic acids is 1. The first-order valence-electron chi connectivity index (χ1n) is 7.14. The van der Waals surface area contributed by atoms with Crippen LogP contribution in [0.15, 0.2) is 68.2 Å². The van der Waals surface area contributed by atoms with Gasteiger partial charge >= 0.3 is 5.78 Å². The zero-order chi connectivity index (χ0) is 16.7. The third kappa shape index (κ3) is 2.34. The lowest BCUT2D eigenvalue weighted by Crippen LogP contribution is -2.10. The molecule has 2 heterocycles. The number of fused-ring (bicyclic) bond motifs is 2. The molecule has 1 N–H and O–H groups in total. The number of anilines is 1. The number of rotatable bonds is 2. The Bertz CT molecular complexity index is 1130. The van der Waals surface area contributed by atoms with Crippen molar-refractivity contribution < 1.29 is 18.0 Å². The van der Waals surface area contributed by atoms with E-state index < -0.39 is 11.7 Å². The van der Waals surface area contributed by atoms with Crippen LogP contribution in [0.4, 0.5) is 10.1 Å². The van der Waals surface area contributed by atoms with Gasteiger partial charge in [-0.1, -0.05) is 12.1 Å². The summed E-state index contributed by atoms with van der Waals surface area (Å²) >= 11 is 0. The predicted octanol–water partition coefficient (Wildman–Crippen LogP) is 3.93. The number of amides is 1. The summed E-state index contributed by atoms with van der Waals surface area (Å²) in [6, 6.07) is 13.4. The lowest BCUT2D eigenvalue weighted by molar-refractivity contribution is 0.0997. The van der Waals surface area contributed by atoms with E-state index >= 15 is 0 Å². The van der Waals surface area contributed by atoms with Gasteiger partial charge in [-0.15, -0.1) is 0 Å². The summed E-state index contributed by atoms with van der Waals surface area (Å²) in [5.41, 5.74) is 0.526. The molecule has 0 fully saturated rings. The van der Waals surface area contributed by atoms with E-state index in [-0.39, 0.29) is 22.4 Å². The molecular weight excluding hydrogens is 313 g/mol. The van der Waals surface area contributed by atoms with E-state index in [4.69, 9.17) is 8.83 Å². The first-order valence-corrected chi connectivity index (χ1v) is 7.14. The molecule has 2 aromatic heterocycles. The average molecular weight is 323 g/mol. The van der Waals surface area contributed by atoms with Crippen LogP contribution in [-0.2, 0) is 0 Å². The van der Waals surface area contributed by atoms with Crippen LogP contribution >= 0.6 is 0 Å². The maximum absolute atomic E-state index is 12.9. The Morgan fingerprint density at radius 1 is 0.958 bits per heavy atom. The molecular formula is C18H10FNO4. The number of hydrogen-bond acceptors (Lipinski definition) is 4. The van der Waals surface area contributed by atoms with Gasteiger partial charge in [0.1, 0.15) is 16.8 Å². The van der Waals surface area contributed by atoms with Crippen LogP contribution in [0.2, 0.25) is 0 Å². The van der Waals surface area contributed by atoms with Gasteiger partial charge in [0.15, 0.2) is 5.76 Å². The van der Waals surface area contributed by atoms with Crippen molar-refractivity contribution >= 4 is 33.7 Å². The SMILES string of the molecule is O=C(Nc1ccc(F)cc1)c1cc2c(=O)c3ccccc3oc2o1. The number of hydrogen-bond donors (Lipinski definition) is 1. The van der Waals surface area contributed by atoms with E-state index in [1.165, 1.54) is 30.3 Å². The third-order valence-electron chi connectivity index (χ3n) is 3.60. The maximum Gasteiger partial charge on any atom is 0.302 e. The second-order valence-electron chi connectivity index (χ2n) is 5.20. The molecule has 0 spiro atoms. The fraction of sp³-hybridized carbons (Fsp3) is 0. The summed E-state index contributed by atoms with van der Waals surface area (Å²) in [4.78, 5) is 24.7. The number of para-hydroxylation sites is 1. The largest absolute Gasteiger partial charge is 0.425 e. The van der Waals surface area contributed by atoms with Crippen LogP contribution in [-0.4, -0.2) is 5.91 Å². The lowest BCUT2D eigenvalue weighted by atomic mass is 10.2. The van der Waals surface area contributed by atoms with E-state index in [1.807, 2.05) is 0 Å². The highest BCUT2D eigenvalue weighted by atomic mass is 19.1. The Morgan fingerprint density at radius 2 is 1.71 bits per heavy atom. The molecule has 0 saturated heterocycles. The molecule has 0 unspecified atom stereocenters. The summed E-state index contributed by atoms with van der Waals surface area (Å²) < 4.78 is 23.8. The van der Waals surface area contributed by atoms with Gasteiger partial charge in [0.25, 0.3) is 5.91 Å². The fourth-order valence-corrected chi connectivity index (χ4v) is 2.43. The van der Waals surface area contributed by atoms with Gasteiger partial charge in [0.05, 0.1) is 5.39 Å². The van der Waals surface area contributed by atoms with Gasteiger partial charge in [0.2, 0.25) is 5.43 Å². The van der Waals surface area contributed by atoms with Crippen LogP contribution in [0.25, 0.3) is 22.1 Å². The zero-order valence-corrected chi connectivity index (χ0v) is 12.2. The smallest absolute Gasteiger partial charge is 0.302 e. The number of carbonyl (C=O) groups is 1. The van der Waals surface area contributed by atoms with Crippen molar-refractivity contribution in [2.75, 3.05) is 5.32 Å². The van der Waals surface area contributed by atoms with Crippen molar-refractivity contribution in [1.82, 2.24) is 0 Å². The monoisotopic (exact) mass is 323 g/mol. The molecule has 4 aromatic rings. The minimum absolute atomic E-state index is 0.0112. The molecule has 6 heteroatoms. The Kier molecular flexibility index (Phi) is 3.16. The quantitative estimate of drug-likeness (QED) is 0.606. The molecule has 5 nitrogen and oxygen atoms in total. The molecule has 1 amide bonds. The first-order chi connectivity index (χ1) is 11.6. The minimum atomic E-state index is -0.559. The molecule has 0 radical (unpaired) electrons. The van der Waals surface area contributed by atoms with Crippen LogP contribution in [0.1, 0.15) is 10.6 Å². The van der Waals surface area contributed by atoms with Gasteiger partial charge in [-0.2, -0.15) is 0 Å². The number of halogens is 1. The lowest BCUT2D eigenvalue weighted by Gasteiger charge is -2.01. The molecule has 0 bridgehead atoms. The highest BCUT2D eigenvalue weighted by molar-refractivity contribution is 6.04. The molecule has 2 aromatic carbocycles. The fourth-order valence-electron chi connectivity index (χ4n) is 2.43. The summed E-state index contributed by atoms with van der Waals surface area (Å²) in [5.74, 6) is -1.04. The predicted molar refractivity (Wildman–Crippen MR) is 86.6 cm³/mol. The van der Waals surface area contributed by atoms with Crippen LogP contribution in [0, 0.1) is 5.82 Å². The van der Waals surface area contributed by atoms with Crippen molar-refractivity contribution in [3.63, 3.8) is 0 Å². The topological polar surface area (TPSA) is 72.5 Å². The maximum atomic E-state index is 12.9. The molecule has 24 heavy (non-hydrogen) atoms. The summed E-state index contributed by atoms with van der Waals surface area (Å²) in [6.07, 6.45) is 0. The molecule has 4 rings (SSSR count). The average Bonchev–Trinajstić information content (AvgIpc) is 3.02. The van der Waals surface area contributed by atoms with Crippen LogP contribution in [0.5, 0.6) is 0 Å². The highest BCUT2D eigenvalue weighted by Crippen LogP contribution is 2.22. The van der Waals surface area contributed by atoms with Crippen LogP contribution in [0.3, 0.4) is 0 Å². The third-order valence-corrected chi connectivity index (χ3v) is 3.60. The van der Waals surface area contributed by atoms with Crippen molar-refractivity contribution in [3.8, 4) is 0 Å². The second kappa shape index (κ2) is 5.34. The summed E-state index contributed by atoms with van der Waals surface area (Å²) in [5, 5.41) is 3.17. The number of furan rings is 1. The van der Waals surface area contributed by atoms with Crippen LogP contribution < -0.4 is 10.7 Å². The van der Waals surface area contributed by atoms with E-state index in [9.17, 15) is 14.0 Å². The first kappa shape index (κ1) is 14.2. The molecule has 0 atom stereocenters. The number of benzene rings is 2. The standard InChI is InChI=1S/C18H10FNO4/c19-10-5-7-11(8-6-10)20-17(22)15-9-13-16(21)12-3-1-2-4-14(12)23-18(13)24-15/h1-9H,(H,20,22). The van der Waals surface area contributed by atoms with Gasteiger partial charge in [-0.25, -0.2) is 4.39 Å². The van der Waals surface area contributed by atoms with E-state index in [0.717, 1.165) is 0 Å². The Hall–Kier alpha value is -3.41. The Balaban J connectivity index is 1.75. The van der Waals surface area contributed by atoms with Crippen molar-refractivity contribution in [1.29, 1.82) is 0 Å². The minimum Gasteiger partial charge on any atom is -0.425 e. The molecule has 0 aliphatic rings. The van der Waals surface area contributed by atoms with Crippen molar-refractivity contribution in [2.45, 2.75) is 0 Å². The van der Waals surface area contributed by atoms with E-state index in [0.29, 0.717) is 16.7 Å². The van der Waals surface area contributed by atoms with Gasteiger partial charge in [-0.3, -0.25) is 9.59 Å². The highest BCUT2D eigenvalue weighted by Gasteiger charge is 2.17. The van der Waals surface area contributed by atoms with Gasteiger partial charge in [-0.05, 0) is 36.4 Å².